The van der Waals surface area contributed by atoms with Gasteiger partial charge in [-0.05, 0) is 24.3 Å². The van der Waals surface area contributed by atoms with Gasteiger partial charge in [0.25, 0.3) is 5.91 Å². The van der Waals surface area contributed by atoms with Crippen molar-refractivity contribution in [2.45, 2.75) is 12.3 Å². The number of amides is 1. The molecule has 3 nitrogen and oxygen atoms in total. The summed E-state index contributed by atoms with van der Waals surface area (Å²) in [6.07, 6.45) is -7.40. The van der Waals surface area contributed by atoms with Crippen LogP contribution >= 0.6 is 0 Å². The quantitative estimate of drug-likeness (QED) is 0.799. The first-order valence-corrected chi connectivity index (χ1v) is 4.59. The number of nitrogens with one attached hydrogen (secondary N) is 1. The van der Waals surface area contributed by atoms with Gasteiger partial charge in [-0.3, -0.25) is 4.79 Å². The van der Waals surface area contributed by atoms with Gasteiger partial charge in [-0.15, -0.1) is 0 Å². The fourth-order valence-corrected chi connectivity index (χ4v) is 1.01. The van der Waals surface area contributed by atoms with Crippen LogP contribution in [-0.2, 0) is 0 Å². The van der Waals surface area contributed by atoms with E-state index in [9.17, 15) is 22.4 Å². The monoisotopic (exact) mass is 251 g/mol. The maximum absolute atomic E-state index is 12.5. The number of rotatable bonds is 3. The van der Waals surface area contributed by atoms with Gasteiger partial charge in [0.05, 0.1) is 6.54 Å². The molecule has 2 N–H and O–H groups in total. The number of benzene rings is 1. The summed E-state index contributed by atoms with van der Waals surface area (Å²) in [4.78, 5) is 11.3. The zero-order valence-electron chi connectivity index (χ0n) is 8.46. The first-order valence-electron chi connectivity index (χ1n) is 4.59. The van der Waals surface area contributed by atoms with Crippen molar-refractivity contribution in [2.75, 3.05) is 6.54 Å². The maximum Gasteiger partial charge on any atom is 0.416 e. The highest BCUT2D eigenvalue weighted by Crippen LogP contribution is 2.19. The fourth-order valence-electron chi connectivity index (χ4n) is 1.01. The van der Waals surface area contributed by atoms with Gasteiger partial charge in [-0.2, -0.15) is 13.2 Å². The predicted molar refractivity (Wildman–Crippen MR) is 50.8 cm³/mol. The summed E-state index contributed by atoms with van der Waals surface area (Å²) in [6.45, 7) is -0.945. The summed E-state index contributed by atoms with van der Waals surface area (Å²) in [5.41, 5.74) is 0.0146. The molecule has 17 heavy (non-hydrogen) atoms. The lowest BCUT2D eigenvalue weighted by atomic mass is 10.2. The Morgan fingerprint density at radius 3 is 2.29 bits per heavy atom. The van der Waals surface area contributed by atoms with Gasteiger partial charge in [0.15, 0.2) is 6.10 Å². The minimum atomic E-state index is -4.78. The van der Waals surface area contributed by atoms with Crippen LogP contribution in [-0.4, -0.2) is 29.8 Å². The minimum Gasteiger partial charge on any atom is -0.382 e. The van der Waals surface area contributed by atoms with Crippen LogP contribution in [0.2, 0.25) is 0 Å². The zero-order chi connectivity index (χ0) is 13.1. The number of carbonyl (C=O) groups excluding carboxylic acids is 1. The molecule has 1 aromatic carbocycles. The predicted octanol–water partition coefficient (Wildman–Crippen LogP) is 1.48. The van der Waals surface area contributed by atoms with E-state index in [1.807, 2.05) is 5.32 Å². The van der Waals surface area contributed by atoms with Crippen LogP contribution in [0.1, 0.15) is 10.4 Å². The summed E-state index contributed by atoms with van der Waals surface area (Å²) in [5.74, 6) is -1.37. The van der Waals surface area contributed by atoms with E-state index in [2.05, 4.69) is 0 Å². The first-order chi connectivity index (χ1) is 7.80. The van der Waals surface area contributed by atoms with Crippen molar-refractivity contribution < 1.29 is 27.5 Å². The molecule has 0 fully saturated rings. The van der Waals surface area contributed by atoms with E-state index >= 15 is 0 Å². The van der Waals surface area contributed by atoms with E-state index in [4.69, 9.17) is 5.11 Å². The number of aliphatic hydroxyl groups is 1. The number of hydrogen-bond acceptors (Lipinski definition) is 2. The fraction of sp³-hybridized carbons (Fsp3) is 0.300. The third-order valence-electron chi connectivity index (χ3n) is 1.94. The van der Waals surface area contributed by atoms with Gasteiger partial charge in [-0.1, -0.05) is 0 Å². The zero-order valence-corrected chi connectivity index (χ0v) is 8.46. The third-order valence-corrected chi connectivity index (χ3v) is 1.94. The normalized spacial score (nSPS) is 13.2. The molecule has 0 saturated heterocycles. The van der Waals surface area contributed by atoms with E-state index in [1.165, 1.54) is 0 Å². The minimum absolute atomic E-state index is 0.0146. The maximum atomic E-state index is 12.5. The summed E-state index contributed by atoms with van der Waals surface area (Å²) < 4.78 is 48.2. The van der Waals surface area contributed by atoms with Crippen molar-refractivity contribution in [3.63, 3.8) is 0 Å². The van der Waals surface area contributed by atoms with Crippen LogP contribution in [0, 0.1) is 5.82 Å². The third kappa shape index (κ3) is 4.03. The van der Waals surface area contributed by atoms with Gasteiger partial charge < -0.3 is 10.4 Å². The largest absolute Gasteiger partial charge is 0.416 e. The molecule has 0 aromatic heterocycles. The van der Waals surface area contributed by atoms with Crippen LogP contribution in [0.3, 0.4) is 0 Å². The molecule has 1 aromatic rings. The van der Waals surface area contributed by atoms with Crippen molar-refractivity contribution in [3.8, 4) is 0 Å². The van der Waals surface area contributed by atoms with Crippen molar-refractivity contribution in [2.24, 2.45) is 0 Å². The van der Waals surface area contributed by atoms with Gasteiger partial charge in [0.2, 0.25) is 0 Å². The molecule has 1 amide bonds. The average molecular weight is 251 g/mol. The lowest BCUT2D eigenvalue weighted by Gasteiger charge is -2.14. The second-order valence-electron chi connectivity index (χ2n) is 3.27. The van der Waals surface area contributed by atoms with E-state index in [0.29, 0.717) is 0 Å². The van der Waals surface area contributed by atoms with Crippen LogP contribution in [0.4, 0.5) is 17.6 Å². The van der Waals surface area contributed by atoms with Crippen LogP contribution in [0.5, 0.6) is 0 Å². The number of halogens is 4. The molecule has 0 spiro atoms. The highest BCUT2D eigenvalue weighted by molar-refractivity contribution is 5.94. The van der Waals surface area contributed by atoms with Crippen molar-refractivity contribution in [1.29, 1.82) is 0 Å². The van der Waals surface area contributed by atoms with Gasteiger partial charge in [0, 0.05) is 5.56 Å². The van der Waals surface area contributed by atoms with Crippen LogP contribution < -0.4 is 5.32 Å². The summed E-state index contributed by atoms with van der Waals surface area (Å²) >= 11 is 0. The Morgan fingerprint density at radius 1 is 1.29 bits per heavy atom. The topological polar surface area (TPSA) is 49.3 Å². The molecule has 0 radical (unpaired) electrons. The van der Waals surface area contributed by atoms with Crippen molar-refractivity contribution >= 4 is 5.91 Å². The van der Waals surface area contributed by atoms with Gasteiger partial charge >= 0.3 is 6.18 Å². The SMILES string of the molecule is O=C(NCC(O)C(F)(F)F)c1ccc(F)cc1. The number of alkyl halides is 3. The molecular weight excluding hydrogens is 242 g/mol. The van der Waals surface area contributed by atoms with Crippen molar-refractivity contribution in [1.82, 2.24) is 5.32 Å². The molecule has 0 heterocycles. The Hall–Kier alpha value is -1.63. The lowest BCUT2D eigenvalue weighted by molar-refractivity contribution is -0.201. The second kappa shape index (κ2) is 5.13. The van der Waals surface area contributed by atoms with Crippen LogP contribution in [0.25, 0.3) is 0 Å². The second-order valence-corrected chi connectivity index (χ2v) is 3.27. The lowest BCUT2D eigenvalue weighted by Crippen LogP contribution is -2.40. The molecule has 1 rings (SSSR count). The first kappa shape index (κ1) is 13.4. The molecule has 0 aliphatic rings. The number of aliphatic hydroxyl groups excluding tert-OH is 1. The number of carbonyl (C=O) groups is 1. The average Bonchev–Trinajstić information content (AvgIpc) is 2.25. The molecule has 1 unspecified atom stereocenters. The Balaban J connectivity index is 2.53. The Labute approximate surface area is 94.1 Å². The molecule has 0 aliphatic heterocycles. The molecule has 0 bridgehead atoms. The van der Waals surface area contributed by atoms with Crippen molar-refractivity contribution in [3.05, 3.63) is 35.6 Å². The highest BCUT2D eigenvalue weighted by Gasteiger charge is 2.38. The summed E-state index contributed by atoms with van der Waals surface area (Å²) in [6, 6.07) is 4.28. The van der Waals surface area contributed by atoms with E-state index in [-0.39, 0.29) is 5.56 Å². The summed E-state index contributed by atoms with van der Waals surface area (Å²) in [5, 5.41) is 10.5. The Kier molecular flexibility index (Phi) is 4.06. The van der Waals surface area contributed by atoms with E-state index < -0.39 is 30.5 Å². The van der Waals surface area contributed by atoms with Gasteiger partial charge in [0.1, 0.15) is 5.82 Å². The molecular formula is C10H9F4NO2. The highest BCUT2D eigenvalue weighted by atomic mass is 19.4. The van der Waals surface area contributed by atoms with Crippen LogP contribution in [0.15, 0.2) is 24.3 Å². The number of hydrogen-bond donors (Lipinski definition) is 2. The smallest absolute Gasteiger partial charge is 0.382 e. The summed E-state index contributed by atoms with van der Waals surface area (Å²) in [7, 11) is 0. The Morgan fingerprint density at radius 2 is 1.82 bits per heavy atom. The Bertz CT molecular complexity index is 388. The van der Waals surface area contributed by atoms with Gasteiger partial charge in [-0.25, -0.2) is 4.39 Å². The molecule has 0 aliphatic carbocycles. The molecule has 94 valence electrons. The standard InChI is InChI=1S/C10H9F4NO2/c11-7-3-1-6(2-4-7)9(17)15-5-8(16)10(12,13)14/h1-4,8,16H,5H2,(H,15,17). The molecule has 1 atom stereocenters. The molecule has 0 saturated carbocycles. The molecule has 7 heteroatoms. The van der Waals surface area contributed by atoms with E-state index in [0.717, 1.165) is 24.3 Å². The van der Waals surface area contributed by atoms with E-state index in [1.54, 1.807) is 0 Å².